The lowest BCUT2D eigenvalue weighted by atomic mass is 9.88. The standard InChI is InChI=1S/C18H16N3O2/c19-7-14-16-11-5-9(22)6-12(11)18-17(13(16)8-20-14)10-3-1-2-4-15(10)21(18)23/h5,8H,1-4,6-7,19H2/q+1. The van der Waals surface area contributed by atoms with Gasteiger partial charge in [-0.2, -0.15) is 0 Å². The summed E-state index contributed by atoms with van der Waals surface area (Å²) >= 11 is 0. The number of nitrogens with two attached hydrogens (primary N) is 1. The Morgan fingerprint density at radius 2 is 2.09 bits per heavy atom. The number of Topliss-reactive ketones (excluding diaryl/α,β-unsaturated/α-hetero) is 1. The molecule has 2 aliphatic carbocycles. The third kappa shape index (κ3) is 1.50. The summed E-state index contributed by atoms with van der Waals surface area (Å²) in [6, 6.07) is 0. The maximum absolute atomic E-state index is 12.9. The monoisotopic (exact) mass is 306 g/mol. The topological polar surface area (TPSA) is 75.5 Å². The Balaban J connectivity index is 1.98. The second-order valence-electron chi connectivity index (χ2n) is 6.53. The molecular formula is C18H16N3O2+. The van der Waals surface area contributed by atoms with Crippen LogP contribution in [0.2, 0.25) is 0 Å². The number of allylic oxidation sites excluding steroid dienone is 2. The molecular weight excluding hydrogens is 290 g/mol. The molecule has 0 unspecified atom stereocenters. The normalized spacial score (nSPS) is 20.7. The van der Waals surface area contributed by atoms with Crippen molar-refractivity contribution in [1.82, 2.24) is 0 Å². The van der Waals surface area contributed by atoms with Gasteiger partial charge in [-0.1, -0.05) is 0 Å². The van der Waals surface area contributed by atoms with E-state index in [1.807, 2.05) is 6.21 Å². The van der Waals surface area contributed by atoms with Crippen LogP contribution in [0.25, 0.3) is 17.3 Å². The number of carbonyl (C=O) groups excluding carboxylic acids is 1. The highest BCUT2D eigenvalue weighted by Crippen LogP contribution is 2.47. The van der Waals surface area contributed by atoms with E-state index >= 15 is 0 Å². The van der Waals surface area contributed by atoms with Crippen molar-refractivity contribution in [2.45, 2.75) is 32.1 Å². The smallest absolute Gasteiger partial charge is 0.275 e. The molecule has 2 aliphatic heterocycles. The molecule has 0 saturated carbocycles. The molecule has 114 valence electrons. The molecule has 0 bridgehead atoms. The molecule has 5 rings (SSSR count). The van der Waals surface area contributed by atoms with Gasteiger partial charge in [0.05, 0.1) is 16.0 Å². The van der Waals surface area contributed by atoms with Gasteiger partial charge in [-0.05, 0) is 30.6 Å². The van der Waals surface area contributed by atoms with Crippen molar-refractivity contribution in [3.8, 4) is 0 Å². The molecule has 0 amide bonds. The van der Waals surface area contributed by atoms with Crippen LogP contribution in [0, 0.1) is 4.91 Å². The van der Waals surface area contributed by atoms with Crippen molar-refractivity contribution in [1.29, 1.82) is 0 Å². The molecule has 0 fully saturated rings. The second kappa shape index (κ2) is 4.32. The van der Waals surface area contributed by atoms with Gasteiger partial charge in [0, 0.05) is 52.4 Å². The Kier molecular flexibility index (Phi) is 2.46. The van der Waals surface area contributed by atoms with Gasteiger partial charge in [0.25, 0.3) is 5.69 Å². The van der Waals surface area contributed by atoms with Gasteiger partial charge in [-0.15, -0.1) is 0 Å². The largest absolute Gasteiger partial charge is 0.325 e. The minimum Gasteiger partial charge on any atom is -0.325 e. The van der Waals surface area contributed by atoms with E-state index in [9.17, 15) is 9.70 Å². The van der Waals surface area contributed by atoms with E-state index in [-0.39, 0.29) is 5.78 Å². The Morgan fingerprint density at radius 3 is 2.91 bits per heavy atom. The van der Waals surface area contributed by atoms with E-state index in [0.717, 1.165) is 74.5 Å². The van der Waals surface area contributed by atoms with Gasteiger partial charge in [-0.25, -0.2) is 0 Å². The highest BCUT2D eigenvalue weighted by atomic mass is 16.3. The second-order valence-corrected chi connectivity index (χ2v) is 6.53. The zero-order valence-electron chi connectivity index (χ0n) is 12.7. The first-order valence-corrected chi connectivity index (χ1v) is 8.11. The van der Waals surface area contributed by atoms with Gasteiger partial charge in [-0.3, -0.25) is 9.79 Å². The summed E-state index contributed by atoms with van der Waals surface area (Å²) in [5, 5.41) is 1.84. The minimum absolute atomic E-state index is 0.0529. The quantitative estimate of drug-likeness (QED) is 0.780. The molecule has 0 spiro atoms. The summed E-state index contributed by atoms with van der Waals surface area (Å²) in [6.45, 7) is 0.337. The predicted octanol–water partition coefficient (Wildman–Crippen LogP) is 0.801. The molecule has 2 heterocycles. The molecule has 1 aromatic rings. The van der Waals surface area contributed by atoms with Gasteiger partial charge < -0.3 is 5.73 Å². The highest BCUT2D eigenvalue weighted by molar-refractivity contribution is 6.12. The highest BCUT2D eigenvalue weighted by Gasteiger charge is 2.45. The molecule has 5 nitrogen and oxygen atoms in total. The van der Waals surface area contributed by atoms with E-state index < -0.39 is 0 Å². The Morgan fingerprint density at radius 1 is 1.26 bits per heavy atom. The third-order valence-corrected chi connectivity index (χ3v) is 5.33. The van der Waals surface area contributed by atoms with Crippen LogP contribution in [0.4, 0.5) is 5.69 Å². The molecule has 0 atom stereocenters. The van der Waals surface area contributed by atoms with E-state index in [2.05, 4.69) is 4.99 Å². The lowest BCUT2D eigenvalue weighted by Gasteiger charge is -2.09. The van der Waals surface area contributed by atoms with Crippen molar-refractivity contribution in [3.05, 3.63) is 37.7 Å². The summed E-state index contributed by atoms with van der Waals surface area (Å²) in [5.41, 5.74) is 12.3. The van der Waals surface area contributed by atoms with E-state index in [1.54, 1.807) is 6.08 Å². The molecule has 2 N–H and O–H groups in total. The van der Waals surface area contributed by atoms with Crippen LogP contribution >= 0.6 is 0 Å². The Bertz CT molecular complexity index is 1010. The summed E-state index contributed by atoms with van der Waals surface area (Å²) < 4.78 is 1.09. The molecule has 0 aromatic heterocycles. The first-order chi connectivity index (χ1) is 11.2. The number of hydrogen-bond donors (Lipinski definition) is 1. The first-order valence-electron chi connectivity index (χ1n) is 8.11. The van der Waals surface area contributed by atoms with Gasteiger partial charge in [0.1, 0.15) is 0 Å². The molecule has 4 aliphatic rings. The Labute approximate surface area is 132 Å². The number of fused-ring (bicyclic) bond motifs is 7. The fraction of sp³-hybridized carbons (Fsp3) is 0.333. The van der Waals surface area contributed by atoms with E-state index in [4.69, 9.17) is 5.73 Å². The van der Waals surface area contributed by atoms with E-state index in [1.165, 1.54) is 0 Å². The fourth-order valence-electron chi connectivity index (χ4n) is 4.40. The van der Waals surface area contributed by atoms with Crippen LogP contribution in [-0.4, -0.2) is 23.3 Å². The summed E-state index contributed by atoms with van der Waals surface area (Å²) in [4.78, 5) is 29.4. The zero-order valence-corrected chi connectivity index (χ0v) is 12.7. The number of nitroso groups, excluding NO2 is 1. The lowest BCUT2D eigenvalue weighted by Crippen LogP contribution is -2.33. The van der Waals surface area contributed by atoms with Crippen molar-refractivity contribution >= 4 is 35.0 Å². The van der Waals surface area contributed by atoms with Crippen molar-refractivity contribution in [3.63, 3.8) is 0 Å². The number of nitrogens with zero attached hydrogens (tertiary/aromatic N) is 2. The van der Waals surface area contributed by atoms with Crippen LogP contribution in [0.3, 0.4) is 0 Å². The van der Waals surface area contributed by atoms with Crippen LogP contribution in [-0.2, 0) is 11.2 Å². The number of rotatable bonds is 1. The number of hydrogen-bond acceptors (Lipinski definition) is 4. The van der Waals surface area contributed by atoms with Gasteiger partial charge in [0.15, 0.2) is 5.78 Å². The molecule has 5 heteroatoms. The minimum atomic E-state index is 0.0529. The fourth-order valence-corrected chi connectivity index (χ4v) is 4.40. The average molecular weight is 306 g/mol. The maximum atomic E-state index is 12.9. The van der Waals surface area contributed by atoms with Crippen LogP contribution < -0.4 is 16.2 Å². The zero-order chi connectivity index (χ0) is 15.7. The number of ketones is 1. The van der Waals surface area contributed by atoms with Crippen molar-refractivity contribution in [2.75, 3.05) is 6.54 Å². The molecule has 0 saturated heterocycles. The Hall–Kier alpha value is -2.40. The van der Waals surface area contributed by atoms with Crippen molar-refractivity contribution < 1.29 is 9.55 Å². The summed E-state index contributed by atoms with van der Waals surface area (Å²) in [6.07, 6.45) is 7.69. The lowest BCUT2D eigenvalue weighted by molar-refractivity contribution is -0.406. The van der Waals surface area contributed by atoms with Gasteiger partial charge in [0.2, 0.25) is 5.70 Å². The van der Waals surface area contributed by atoms with Crippen LogP contribution in [0.15, 0.2) is 10.7 Å². The molecule has 0 radical (unpaired) electrons. The number of aliphatic imine (C=N–C) groups is 1. The third-order valence-electron chi connectivity index (χ3n) is 5.33. The van der Waals surface area contributed by atoms with Crippen LogP contribution in [0.1, 0.15) is 42.4 Å². The SMILES string of the molecule is NCC1=c2c(c3c(c4c2=CC(=O)C4)[N+](=O)C2=C3CCCC2)C=N1. The summed E-state index contributed by atoms with van der Waals surface area (Å²) in [7, 11) is 0. The summed E-state index contributed by atoms with van der Waals surface area (Å²) in [5.74, 6) is 0.0529. The first kappa shape index (κ1) is 13.1. The molecule has 1 aromatic carbocycles. The number of carbonyl (C=O) groups is 1. The van der Waals surface area contributed by atoms with Crippen LogP contribution in [0.5, 0.6) is 0 Å². The average Bonchev–Trinajstić information content (AvgIpc) is 3.21. The van der Waals surface area contributed by atoms with Gasteiger partial charge >= 0.3 is 0 Å². The van der Waals surface area contributed by atoms with E-state index in [0.29, 0.717) is 18.7 Å². The number of benzene rings is 1. The molecule has 23 heavy (non-hydrogen) atoms. The predicted molar refractivity (Wildman–Crippen MR) is 87.6 cm³/mol. The maximum Gasteiger partial charge on any atom is 0.275 e. The van der Waals surface area contributed by atoms with Crippen molar-refractivity contribution in [2.24, 2.45) is 10.7 Å².